The average Bonchev–Trinajstić information content (AvgIpc) is 3.01. The first-order valence-corrected chi connectivity index (χ1v) is 10.6. The Balaban J connectivity index is 1.29. The van der Waals surface area contributed by atoms with E-state index in [0.717, 1.165) is 39.0 Å². The van der Waals surface area contributed by atoms with E-state index in [0.29, 0.717) is 17.4 Å². The standard InChI is InChI=1S/C21H25FN4O4/c22-12-7-15-16(11-26(21(15)29)17-1-2-19(27)24-20(17)28)18(8-12)30-14-9-13(10-14)25-5-3-23-4-6-25/h7-8,13-14,17,23H,1-6,9-11H2,(H,24,27,28). The first-order valence-electron chi connectivity index (χ1n) is 10.6. The number of benzene rings is 1. The lowest BCUT2D eigenvalue weighted by atomic mass is 9.87. The van der Waals surface area contributed by atoms with E-state index >= 15 is 0 Å². The van der Waals surface area contributed by atoms with E-state index in [1.165, 1.54) is 17.0 Å². The van der Waals surface area contributed by atoms with Gasteiger partial charge < -0.3 is 15.0 Å². The van der Waals surface area contributed by atoms with E-state index in [1.54, 1.807) is 0 Å². The summed E-state index contributed by atoms with van der Waals surface area (Å²) in [5.41, 5.74) is 0.865. The summed E-state index contributed by atoms with van der Waals surface area (Å²) in [6, 6.07) is 2.30. The van der Waals surface area contributed by atoms with E-state index in [1.807, 2.05) is 0 Å². The Kier molecular flexibility index (Phi) is 4.94. The Morgan fingerprint density at radius 1 is 1.10 bits per heavy atom. The highest BCUT2D eigenvalue weighted by Gasteiger charge is 2.42. The van der Waals surface area contributed by atoms with Crippen LogP contribution in [0, 0.1) is 5.82 Å². The van der Waals surface area contributed by atoms with Crippen molar-refractivity contribution in [3.05, 3.63) is 29.1 Å². The van der Waals surface area contributed by atoms with Gasteiger partial charge in [-0.3, -0.25) is 24.6 Å². The number of hydrogen-bond acceptors (Lipinski definition) is 6. The van der Waals surface area contributed by atoms with E-state index in [9.17, 15) is 18.8 Å². The third-order valence-corrected chi connectivity index (χ3v) is 6.61. The number of imide groups is 1. The minimum absolute atomic E-state index is 0.00413. The molecule has 2 N–H and O–H groups in total. The number of piperidine rings is 1. The summed E-state index contributed by atoms with van der Waals surface area (Å²) in [4.78, 5) is 40.4. The second kappa shape index (κ2) is 7.63. The first-order chi connectivity index (χ1) is 14.5. The second-order valence-corrected chi connectivity index (χ2v) is 8.48. The maximum atomic E-state index is 14.2. The molecule has 1 saturated carbocycles. The van der Waals surface area contributed by atoms with Crippen LogP contribution in [0.5, 0.6) is 5.75 Å². The number of nitrogens with one attached hydrogen (secondary N) is 2. The molecule has 0 aromatic heterocycles. The van der Waals surface area contributed by atoms with E-state index in [2.05, 4.69) is 15.5 Å². The molecule has 3 amide bonds. The molecule has 0 spiro atoms. The molecule has 8 nitrogen and oxygen atoms in total. The number of piperazine rings is 1. The predicted octanol–water partition coefficient (Wildman–Crippen LogP) is 0.402. The van der Waals surface area contributed by atoms with Gasteiger partial charge >= 0.3 is 0 Å². The molecule has 1 aliphatic carbocycles. The molecule has 2 saturated heterocycles. The van der Waals surface area contributed by atoms with Gasteiger partial charge in [0.25, 0.3) is 5.91 Å². The van der Waals surface area contributed by atoms with Crippen molar-refractivity contribution in [2.24, 2.45) is 0 Å². The van der Waals surface area contributed by atoms with Gasteiger partial charge in [0.1, 0.15) is 23.7 Å². The number of carbonyl (C=O) groups is 3. The number of hydrogen-bond donors (Lipinski definition) is 2. The number of halogens is 1. The van der Waals surface area contributed by atoms with Gasteiger partial charge in [-0.15, -0.1) is 0 Å². The van der Waals surface area contributed by atoms with Crippen molar-refractivity contribution < 1.29 is 23.5 Å². The zero-order valence-electron chi connectivity index (χ0n) is 16.7. The van der Waals surface area contributed by atoms with Crippen LogP contribution in [-0.4, -0.2) is 71.9 Å². The Morgan fingerprint density at radius 3 is 2.60 bits per heavy atom. The number of amides is 3. The molecule has 0 bridgehead atoms. The molecule has 0 radical (unpaired) electrons. The van der Waals surface area contributed by atoms with Crippen molar-refractivity contribution in [1.29, 1.82) is 0 Å². The fraction of sp³-hybridized carbons (Fsp3) is 0.571. The third kappa shape index (κ3) is 3.45. The SMILES string of the molecule is O=C1CCC(N2Cc3c(OC4CC(N5CCNCC5)C4)cc(F)cc3C2=O)C(=O)N1. The molecule has 3 aliphatic heterocycles. The molecular weight excluding hydrogens is 391 g/mol. The van der Waals surface area contributed by atoms with Crippen LogP contribution < -0.4 is 15.4 Å². The van der Waals surface area contributed by atoms with Gasteiger partial charge in [-0.05, 0) is 12.5 Å². The molecule has 4 aliphatic rings. The molecule has 3 fully saturated rings. The van der Waals surface area contributed by atoms with Crippen molar-refractivity contribution in [1.82, 2.24) is 20.4 Å². The van der Waals surface area contributed by atoms with E-state index in [4.69, 9.17) is 4.74 Å². The third-order valence-electron chi connectivity index (χ3n) is 6.61. The maximum Gasteiger partial charge on any atom is 0.255 e. The van der Waals surface area contributed by atoms with Crippen LogP contribution in [-0.2, 0) is 16.1 Å². The van der Waals surface area contributed by atoms with Crippen LogP contribution in [0.3, 0.4) is 0 Å². The molecule has 1 aromatic carbocycles. The topological polar surface area (TPSA) is 91.0 Å². The van der Waals surface area contributed by atoms with Crippen molar-refractivity contribution in [2.45, 2.75) is 50.4 Å². The lowest BCUT2D eigenvalue weighted by Crippen LogP contribution is -2.55. The summed E-state index contributed by atoms with van der Waals surface area (Å²) in [5, 5.41) is 5.63. The fourth-order valence-corrected chi connectivity index (χ4v) is 4.86. The smallest absolute Gasteiger partial charge is 0.255 e. The molecule has 3 heterocycles. The van der Waals surface area contributed by atoms with E-state index in [-0.39, 0.29) is 37.0 Å². The van der Waals surface area contributed by atoms with Crippen LogP contribution in [0.25, 0.3) is 0 Å². The van der Waals surface area contributed by atoms with Crippen LogP contribution in [0.2, 0.25) is 0 Å². The lowest BCUT2D eigenvalue weighted by Gasteiger charge is -2.44. The van der Waals surface area contributed by atoms with Crippen LogP contribution in [0.15, 0.2) is 12.1 Å². The average molecular weight is 416 g/mol. The zero-order chi connectivity index (χ0) is 20.8. The predicted molar refractivity (Wildman–Crippen MR) is 104 cm³/mol. The molecule has 1 unspecified atom stereocenters. The van der Waals surface area contributed by atoms with Crippen LogP contribution in [0.4, 0.5) is 4.39 Å². The zero-order valence-corrected chi connectivity index (χ0v) is 16.7. The normalized spacial score (nSPS) is 29.4. The van der Waals surface area contributed by atoms with Gasteiger partial charge in [0.15, 0.2) is 0 Å². The van der Waals surface area contributed by atoms with Crippen molar-refractivity contribution in [2.75, 3.05) is 26.2 Å². The Bertz CT molecular complexity index is 895. The van der Waals surface area contributed by atoms with Gasteiger partial charge in [-0.25, -0.2) is 4.39 Å². The van der Waals surface area contributed by atoms with Crippen molar-refractivity contribution in [3.63, 3.8) is 0 Å². The monoisotopic (exact) mass is 416 g/mol. The van der Waals surface area contributed by atoms with Crippen molar-refractivity contribution in [3.8, 4) is 5.75 Å². The minimum Gasteiger partial charge on any atom is -0.490 e. The van der Waals surface area contributed by atoms with Gasteiger partial charge in [0, 0.05) is 63.1 Å². The molecule has 1 aromatic rings. The largest absolute Gasteiger partial charge is 0.490 e. The molecular formula is C21H25FN4O4. The summed E-state index contributed by atoms with van der Waals surface area (Å²) in [6.07, 6.45) is 2.23. The number of nitrogens with zero attached hydrogens (tertiary/aromatic N) is 2. The highest BCUT2D eigenvalue weighted by atomic mass is 19.1. The molecule has 5 rings (SSSR count). The molecule has 160 valence electrons. The van der Waals surface area contributed by atoms with Gasteiger partial charge in [-0.1, -0.05) is 0 Å². The number of fused-ring (bicyclic) bond motifs is 1. The second-order valence-electron chi connectivity index (χ2n) is 8.48. The summed E-state index contributed by atoms with van der Waals surface area (Å²) < 4.78 is 20.4. The molecule has 1 atom stereocenters. The van der Waals surface area contributed by atoms with Gasteiger partial charge in [0.2, 0.25) is 11.8 Å². The maximum absolute atomic E-state index is 14.2. The number of rotatable bonds is 4. The van der Waals surface area contributed by atoms with Crippen LogP contribution >= 0.6 is 0 Å². The van der Waals surface area contributed by atoms with Crippen LogP contribution in [0.1, 0.15) is 41.6 Å². The quantitative estimate of drug-likeness (QED) is 0.691. The summed E-state index contributed by atoms with van der Waals surface area (Å²) in [7, 11) is 0. The Morgan fingerprint density at radius 2 is 1.87 bits per heavy atom. The highest BCUT2D eigenvalue weighted by molar-refractivity contribution is 6.05. The first kappa shape index (κ1) is 19.4. The number of carbonyl (C=O) groups excluding carboxylic acids is 3. The summed E-state index contributed by atoms with van der Waals surface area (Å²) >= 11 is 0. The molecule has 30 heavy (non-hydrogen) atoms. The van der Waals surface area contributed by atoms with Gasteiger partial charge in [-0.2, -0.15) is 0 Å². The Hall–Kier alpha value is -2.52. The van der Waals surface area contributed by atoms with Crippen molar-refractivity contribution >= 4 is 17.7 Å². The van der Waals surface area contributed by atoms with E-state index < -0.39 is 23.7 Å². The number of ether oxygens (including phenoxy) is 1. The fourth-order valence-electron chi connectivity index (χ4n) is 4.86. The highest BCUT2D eigenvalue weighted by Crippen LogP contribution is 2.37. The van der Waals surface area contributed by atoms with Gasteiger partial charge in [0.05, 0.1) is 12.1 Å². The summed E-state index contributed by atoms with van der Waals surface area (Å²) in [5.74, 6) is -1.35. The minimum atomic E-state index is -0.723. The lowest BCUT2D eigenvalue weighted by molar-refractivity contribution is -0.136. The molecule has 9 heteroatoms. The summed E-state index contributed by atoms with van der Waals surface area (Å²) in [6.45, 7) is 4.24. The Labute approximate surface area is 173 Å².